The fraction of sp³-hybridized carbons (Fsp3) is 0.333. The number of carbonyl (C=O) groups is 1. The Balaban J connectivity index is 2.48. The highest BCUT2D eigenvalue weighted by Crippen LogP contribution is 1.94. The standard InChI is InChI=1S/C9H13N5O2/c1-6(8(10)14-16)4-13-9(15)7-5-11-2-3-12-7/h2-3,5-6,16H,4H2,1H3,(H2,10,14)(H,13,15). The number of nitrogens with zero attached hydrogens (tertiary/aromatic N) is 3. The number of rotatable bonds is 4. The Kier molecular flexibility index (Phi) is 4.19. The third-order valence-electron chi connectivity index (χ3n) is 1.98. The van der Waals surface area contributed by atoms with Crippen LogP contribution in [0.5, 0.6) is 0 Å². The molecule has 0 spiro atoms. The van der Waals surface area contributed by atoms with Crippen molar-refractivity contribution in [3.8, 4) is 0 Å². The summed E-state index contributed by atoms with van der Waals surface area (Å²) in [5.41, 5.74) is 5.59. The van der Waals surface area contributed by atoms with Gasteiger partial charge in [-0.3, -0.25) is 9.78 Å². The Labute approximate surface area is 92.4 Å². The Morgan fingerprint density at radius 2 is 2.44 bits per heavy atom. The van der Waals surface area contributed by atoms with Gasteiger partial charge in [-0.05, 0) is 0 Å². The zero-order chi connectivity index (χ0) is 12.0. The summed E-state index contributed by atoms with van der Waals surface area (Å²) in [5.74, 6) is -0.518. The van der Waals surface area contributed by atoms with Crippen molar-refractivity contribution in [3.05, 3.63) is 24.3 Å². The second-order valence-electron chi connectivity index (χ2n) is 3.23. The first-order chi connectivity index (χ1) is 7.65. The fourth-order valence-electron chi connectivity index (χ4n) is 0.956. The Bertz CT molecular complexity index is 379. The number of hydrogen-bond acceptors (Lipinski definition) is 5. The molecule has 0 aliphatic rings. The van der Waals surface area contributed by atoms with Gasteiger partial charge in [-0.25, -0.2) is 4.98 Å². The lowest BCUT2D eigenvalue weighted by Gasteiger charge is -2.10. The minimum atomic E-state index is -0.342. The second-order valence-corrected chi connectivity index (χ2v) is 3.23. The highest BCUT2D eigenvalue weighted by Gasteiger charge is 2.11. The van der Waals surface area contributed by atoms with Gasteiger partial charge in [0, 0.05) is 24.9 Å². The van der Waals surface area contributed by atoms with E-state index in [4.69, 9.17) is 10.9 Å². The summed E-state index contributed by atoms with van der Waals surface area (Å²) >= 11 is 0. The van der Waals surface area contributed by atoms with Crippen LogP contribution in [0.1, 0.15) is 17.4 Å². The molecule has 0 saturated heterocycles. The van der Waals surface area contributed by atoms with E-state index in [-0.39, 0.29) is 29.9 Å². The first-order valence-corrected chi connectivity index (χ1v) is 4.66. The molecule has 1 atom stereocenters. The number of amides is 1. The van der Waals surface area contributed by atoms with Crippen molar-refractivity contribution in [1.29, 1.82) is 0 Å². The van der Waals surface area contributed by atoms with Crippen LogP contribution in [0.3, 0.4) is 0 Å². The molecule has 0 aliphatic heterocycles. The normalized spacial score (nSPS) is 13.2. The van der Waals surface area contributed by atoms with Crippen LogP contribution in [0.25, 0.3) is 0 Å². The van der Waals surface area contributed by atoms with Crippen LogP contribution in [0.4, 0.5) is 0 Å². The zero-order valence-corrected chi connectivity index (χ0v) is 8.79. The molecular weight excluding hydrogens is 210 g/mol. The van der Waals surface area contributed by atoms with E-state index in [9.17, 15) is 4.79 Å². The van der Waals surface area contributed by atoms with E-state index in [0.29, 0.717) is 0 Å². The minimum Gasteiger partial charge on any atom is -0.409 e. The van der Waals surface area contributed by atoms with Crippen molar-refractivity contribution in [3.63, 3.8) is 0 Å². The molecule has 1 heterocycles. The van der Waals surface area contributed by atoms with Crippen LogP contribution < -0.4 is 11.1 Å². The number of amidine groups is 1. The van der Waals surface area contributed by atoms with Crippen LogP contribution in [0.15, 0.2) is 23.7 Å². The summed E-state index contributed by atoms with van der Waals surface area (Å²) in [6, 6.07) is 0. The summed E-state index contributed by atoms with van der Waals surface area (Å²) in [5, 5.41) is 13.9. The van der Waals surface area contributed by atoms with Gasteiger partial charge in [0.1, 0.15) is 11.5 Å². The quantitative estimate of drug-likeness (QED) is 0.278. The van der Waals surface area contributed by atoms with Crippen LogP contribution in [0, 0.1) is 5.92 Å². The fourth-order valence-corrected chi connectivity index (χ4v) is 0.956. The molecular formula is C9H13N5O2. The van der Waals surface area contributed by atoms with Crippen molar-refractivity contribution in [2.75, 3.05) is 6.54 Å². The molecule has 0 aromatic carbocycles. The van der Waals surface area contributed by atoms with Crippen LogP contribution in [-0.2, 0) is 0 Å². The maximum atomic E-state index is 11.5. The lowest BCUT2D eigenvalue weighted by atomic mass is 10.1. The van der Waals surface area contributed by atoms with E-state index in [1.165, 1.54) is 18.6 Å². The molecule has 0 saturated carbocycles. The minimum absolute atomic E-state index is 0.0689. The molecule has 86 valence electrons. The van der Waals surface area contributed by atoms with Crippen molar-refractivity contribution >= 4 is 11.7 Å². The van der Waals surface area contributed by atoms with Crippen LogP contribution in [-0.4, -0.2) is 33.5 Å². The second kappa shape index (κ2) is 5.64. The predicted octanol–water partition coefficient (Wildman–Crippen LogP) is -0.411. The van der Waals surface area contributed by atoms with Crippen molar-refractivity contribution in [2.45, 2.75) is 6.92 Å². The van der Waals surface area contributed by atoms with Gasteiger partial charge >= 0.3 is 0 Å². The SMILES string of the molecule is CC(CNC(=O)c1cnccn1)C(N)=NO. The number of nitrogens with two attached hydrogens (primary N) is 1. The Morgan fingerprint density at radius 1 is 1.69 bits per heavy atom. The first-order valence-electron chi connectivity index (χ1n) is 4.66. The monoisotopic (exact) mass is 223 g/mol. The molecule has 1 aromatic rings. The van der Waals surface area contributed by atoms with E-state index in [1.54, 1.807) is 6.92 Å². The number of aromatic nitrogens is 2. The summed E-state index contributed by atoms with van der Waals surface area (Å²) in [6.45, 7) is 2.00. The van der Waals surface area contributed by atoms with Gasteiger partial charge in [-0.1, -0.05) is 12.1 Å². The molecule has 1 rings (SSSR count). The summed E-state index contributed by atoms with van der Waals surface area (Å²) in [7, 11) is 0. The highest BCUT2D eigenvalue weighted by atomic mass is 16.4. The van der Waals surface area contributed by atoms with E-state index in [1.807, 2.05) is 0 Å². The molecule has 0 bridgehead atoms. The van der Waals surface area contributed by atoms with Crippen molar-refractivity contribution in [1.82, 2.24) is 15.3 Å². The van der Waals surface area contributed by atoms with Crippen molar-refractivity contribution in [2.24, 2.45) is 16.8 Å². The van der Waals surface area contributed by atoms with Crippen LogP contribution >= 0.6 is 0 Å². The lowest BCUT2D eigenvalue weighted by molar-refractivity contribution is 0.0945. The Morgan fingerprint density at radius 3 is 3.00 bits per heavy atom. The van der Waals surface area contributed by atoms with Gasteiger partial charge in [0.15, 0.2) is 0 Å². The number of hydrogen-bond donors (Lipinski definition) is 3. The molecule has 0 fully saturated rings. The summed E-state index contributed by atoms with van der Waals surface area (Å²) in [6.07, 6.45) is 4.28. The predicted molar refractivity (Wildman–Crippen MR) is 56.9 cm³/mol. The molecule has 16 heavy (non-hydrogen) atoms. The first kappa shape index (κ1) is 11.9. The maximum absolute atomic E-state index is 11.5. The average molecular weight is 223 g/mol. The van der Waals surface area contributed by atoms with Gasteiger partial charge in [-0.15, -0.1) is 0 Å². The molecule has 7 heteroatoms. The third kappa shape index (κ3) is 3.19. The highest BCUT2D eigenvalue weighted by molar-refractivity contribution is 5.92. The smallest absolute Gasteiger partial charge is 0.271 e. The number of carbonyl (C=O) groups excluding carboxylic acids is 1. The number of nitrogens with one attached hydrogen (secondary N) is 1. The molecule has 1 aromatic heterocycles. The van der Waals surface area contributed by atoms with Gasteiger partial charge in [0.05, 0.1) is 6.20 Å². The largest absolute Gasteiger partial charge is 0.409 e. The number of oxime groups is 1. The lowest BCUT2D eigenvalue weighted by Crippen LogP contribution is -2.35. The zero-order valence-electron chi connectivity index (χ0n) is 8.79. The maximum Gasteiger partial charge on any atom is 0.271 e. The molecule has 4 N–H and O–H groups in total. The molecule has 1 unspecified atom stereocenters. The van der Waals surface area contributed by atoms with Gasteiger partial charge in [0.2, 0.25) is 0 Å². The summed E-state index contributed by atoms with van der Waals surface area (Å²) < 4.78 is 0. The third-order valence-corrected chi connectivity index (χ3v) is 1.98. The molecule has 7 nitrogen and oxygen atoms in total. The van der Waals surface area contributed by atoms with E-state index in [0.717, 1.165) is 0 Å². The molecule has 1 amide bonds. The van der Waals surface area contributed by atoms with E-state index >= 15 is 0 Å². The van der Waals surface area contributed by atoms with E-state index in [2.05, 4.69) is 20.4 Å². The summed E-state index contributed by atoms with van der Waals surface area (Å²) in [4.78, 5) is 19.1. The topological polar surface area (TPSA) is 113 Å². The molecule has 0 radical (unpaired) electrons. The van der Waals surface area contributed by atoms with Crippen LogP contribution in [0.2, 0.25) is 0 Å². The van der Waals surface area contributed by atoms with Gasteiger partial charge in [0.25, 0.3) is 5.91 Å². The average Bonchev–Trinajstić information content (AvgIpc) is 2.35. The Hall–Kier alpha value is -2.18. The molecule has 0 aliphatic carbocycles. The van der Waals surface area contributed by atoms with E-state index < -0.39 is 0 Å². The van der Waals surface area contributed by atoms with Gasteiger partial charge < -0.3 is 16.3 Å². The van der Waals surface area contributed by atoms with Gasteiger partial charge in [-0.2, -0.15) is 0 Å². The van der Waals surface area contributed by atoms with Crippen molar-refractivity contribution < 1.29 is 10.0 Å².